The van der Waals surface area contributed by atoms with Crippen LogP contribution < -0.4 is 0 Å². The number of carbonyl (C=O) groups excluding carboxylic acids is 2. The van der Waals surface area contributed by atoms with Crippen molar-refractivity contribution in [3.05, 3.63) is 94.5 Å². The Morgan fingerprint density at radius 1 is 0.966 bits per heavy atom. The summed E-state index contributed by atoms with van der Waals surface area (Å²) in [6.07, 6.45) is 0. The average molecular weight is 380 g/mol. The number of rotatable bonds is 4. The Kier molecular flexibility index (Phi) is 4.74. The van der Waals surface area contributed by atoms with Crippen LogP contribution in [0.15, 0.2) is 66.7 Å². The van der Waals surface area contributed by atoms with Gasteiger partial charge in [-0.2, -0.15) is 5.26 Å². The molecule has 1 amide bonds. The molecule has 0 aromatic heterocycles. The molecule has 3 aromatic rings. The maximum absolute atomic E-state index is 13.3. The molecule has 4 rings (SSSR count). The Morgan fingerprint density at radius 3 is 2.28 bits per heavy atom. The lowest BCUT2D eigenvalue weighted by Gasteiger charge is -2.28. The van der Waals surface area contributed by atoms with Gasteiger partial charge in [0.2, 0.25) is 0 Å². The third kappa shape index (κ3) is 3.11. The molecule has 0 N–H and O–H groups in total. The van der Waals surface area contributed by atoms with Crippen LogP contribution in [0.3, 0.4) is 0 Å². The Labute approximate surface area is 170 Å². The fourth-order valence-corrected chi connectivity index (χ4v) is 3.94. The predicted molar refractivity (Wildman–Crippen MR) is 112 cm³/mol. The van der Waals surface area contributed by atoms with Crippen molar-refractivity contribution in [3.63, 3.8) is 0 Å². The van der Waals surface area contributed by atoms with Crippen LogP contribution in [-0.2, 0) is 0 Å². The van der Waals surface area contributed by atoms with Crippen molar-refractivity contribution in [1.29, 1.82) is 5.26 Å². The second kappa shape index (κ2) is 7.37. The van der Waals surface area contributed by atoms with E-state index in [0.717, 1.165) is 16.7 Å². The minimum atomic E-state index is -0.151. The van der Waals surface area contributed by atoms with E-state index >= 15 is 0 Å². The van der Waals surface area contributed by atoms with Gasteiger partial charge in [0.05, 0.1) is 17.7 Å². The van der Waals surface area contributed by atoms with E-state index in [2.05, 4.69) is 6.07 Å². The first-order valence-corrected chi connectivity index (χ1v) is 9.64. The summed E-state index contributed by atoms with van der Waals surface area (Å²) in [6.45, 7) is 4.44. The molecule has 142 valence electrons. The number of nitrogens with zero attached hydrogens (tertiary/aromatic N) is 2. The van der Waals surface area contributed by atoms with Crippen molar-refractivity contribution < 1.29 is 9.59 Å². The fourth-order valence-electron chi connectivity index (χ4n) is 3.94. The summed E-state index contributed by atoms with van der Waals surface area (Å²) in [5.41, 5.74) is 5.13. The largest absolute Gasteiger partial charge is 0.332 e. The number of amides is 1. The van der Waals surface area contributed by atoms with Crippen LogP contribution in [0.5, 0.6) is 0 Å². The zero-order chi connectivity index (χ0) is 20.5. The van der Waals surface area contributed by atoms with E-state index in [4.69, 9.17) is 5.26 Å². The van der Waals surface area contributed by atoms with Gasteiger partial charge in [0, 0.05) is 23.2 Å². The first-order chi connectivity index (χ1) is 14.0. The molecule has 1 atom stereocenters. The summed E-state index contributed by atoms with van der Waals surface area (Å²) >= 11 is 0. The Balaban J connectivity index is 1.65. The van der Waals surface area contributed by atoms with Crippen molar-refractivity contribution in [3.8, 4) is 17.2 Å². The van der Waals surface area contributed by atoms with Crippen molar-refractivity contribution >= 4 is 11.7 Å². The number of benzene rings is 3. The lowest BCUT2D eigenvalue weighted by molar-refractivity contribution is 0.0702. The number of hydrogen-bond donors (Lipinski definition) is 0. The number of fused-ring (bicyclic) bond motifs is 3. The van der Waals surface area contributed by atoms with Gasteiger partial charge in [0.15, 0.2) is 5.78 Å². The molecule has 1 aliphatic rings. The lowest BCUT2D eigenvalue weighted by atomic mass is 10.0. The predicted octanol–water partition coefficient (Wildman–Crippen LogP) is 4.99. The topological polar surface area (TPSA) is 61.2 Å². The molecule has 4 nitrogen and oxygen atoms in total. The Bertz CT molecular complexity index is 1160. The van der Waals surface area contributed by atoms with E-state index in [1.165, 1.54) is 0 Å². The molecule has 3 aromatic carbocycles. The van der Waals surface area contributed by atoms with E-state index in [9.17, 15) is 9.59 Å². The highest BCUT2D eigenvalue weighted by Crippen LogP contribution is 2.37. The molecule has 0 saturated heterocycles. The van der Waals surface area contributed by atoms with Crippen LogP contribution in [-0.4, -0.2) is 23.1 Å². The molecule has 29 heavy (non-hydrogen) atoms. The maximum Gasteiger partial charge on any atom is 0.254 e. The van der Waals surface area contributed by atoms with Gasteiger partial charge in [-0.15, -0.1) is 0 Å². The SMILES string of the molecule is CCN(C(=O)c1ccc2c(c1)C(=O)c1ccccc1-2)C(C)c1ccc(C#N)cc1. The third-order valence-electron chi connectivity index (χ3n) is 5.56. The van der Waals surface area contributed by atoms with Crippen LogP contribution in [0.1, 0.15) is 57.3 Å². The van der Waals surface area contributed by atoms with Crippen molar-refractivity contribution in [2.45, 2.75) is 19.9 Å². The first kappa shape index (κ1) is 18.6. The zero-order valence-electron chi connectivity index (χ0n) is 16.3. The summed E-state index contributed by atoms with van der Waals surface area (Å²) in [5, 5.41) is 8.98. The molecule has 0 saturated carbocycles. The van der Waals surface area contributed by atoms with Gasteiger partial charge < -0.3 is 4.90 Å². The van der Waals surface area contributed by atoms with E-state index in [0.29, 0.717) is 28.8 Å². The first-order valence-electron chi connectivity index (χ1n) is 9.64. The number of hydrogen-bond acceptors (Lipinski definition) is 3. The van der Waals surface area contributed by atoms with Crippen LogP contribution in [0, 0.1) is 11.3 Å². The minimum absolute atomic E-state index is 0.0339. The van der Waals surface area contributed by atoms with Crippen LogP contribution in [0.25, 0.3) is 11.1 Å². The second-order valence-electron chi connectivity index (χ2n) is 7.14. The number of carbonyl (C=O) groups is 2. The molecular weight excluding hydrogens is 360 g/mol. The summed E-state index contributed by atoms with van der Waals surface area (Å²) in [4.78, 5) is 27.8. The van der Waals surface area contributed by atoms with Crippen LogP contribution >= 0.6 is 0 Å². The number of nitriles is 1. The zero-order valence-corrected chi connectivity index (χ0v) is 16.3. The van der Waals surface area contributed by atoms with E-state index in [1.54, 1.807) is 29.2 Å². The molecule has 1 aliphatic carbocycles. The molecule has 0 radical (unpaired) electrons. The van der Waals surface area contributed by atoms with Crippen molar-refractivity contribution in [2.75, 3.05) is 6.54 Å². The monoisotopic (exact) mass is 380 g/mol. The normalized spacial score (nSPS) is 12.7. The summed E-state index contributed by atoms with van der Waals surface area (Å²) in [7, 11) is 0. The highest BCUT2D eigenvalue weighted by atomic mass is 16.2. The number of ketones is 1. The van der Waals surface area contributed by atoms with Gasteiger partial charge in [-0.05, 0) is 54.8 Å². The molecule has 1 unspecified atom stereocenters. The Hall–Kier alpha value is -3.71. The van der Waals surface area contributed by atoms with Gasteiger partial charge >= 0.3 is 0 Å². The van der Waals surface area contributed by atoms with Gasteiger partial charge in [-0.1, -0.05) is 42.5 Å². The molecule has 0 fully saturated rings. The fraction of sp³-hybridized carbons (Fsp3) is 0.160. The van der Waals surface area contributed by atoms with Crippen molar-refractivity contribution in [1.82, 2.24) is 4.90 Å². The smallest absolute Gasteiger partial charge is 0.254 e. The van der Waals surface area contributed by atoms with E-state index in [-0.39, 0.29) is 17.7 Å². The van der Waals surface area contributed by atoms with E-state index < -0.39 is 0 Å². The molecule has 0 aliphatic heterocycles. The standard InChI is InChI=1S/C25H20N2O2/c1-3-27(16(2)18-10-8-17(15-26)9-11-18)25(29)19-12-13-21-20-6-4-5-7-22(20)24(28)23(21)14-19/h4-14,16H,3H2,1-2H3. The van der Waals surface area contributed by atoms with Gasteiger partial charge in [-0.3, -0.25) is 9.59 Å². The highest BCUT2D eigenvalue weighted by molar-refractivity contribution is 6.22. The van der Waals surface area contributed by atoms with Crippen LogP contribution in [0.2, 0.25) is 0 Å². The van der Waals surface area contributed by atoms with Crippen molar-refractivity contribution in [2.24, 2.45) is 0 Å². The average Bonchev–Trinajstić information content (AvgIpc) is 3.06. The van der Waals surface area contributed by atoms with E-state index in [1.807, 2.05) is 56.3 Å². The van der Waals surface area contributed by atoms with Gasteiger partial charge in [0.25, 0.3) is 5.91 Å². The molecule has 4 heteroatoms. The third-order valence-corrected chi connectivity index (χ3v) is 5.56. The summed E-state index contributed by atoms with van der Waals surface area (Å²) in [5.74, 6) is -0.149. The molecular formula is C25H20N2O2. The van der Waals surface area contributed by atoms with Gasteiger partial charge in [0.1, 0.15) is 0 Å². The molecule has 0 bridgehead atoms. The molecule has 0 spiro atoms. The Morgan fingerprint density at radius 2 is 1.62 bits per heavy atom. The quantitative estimate of drug-likeness (QED) is 0.501. The van der Waals surface area contributed by atoms with Gasteiger partial charge in [-0.25, -0.2) is 0 Å². The molecule has 0 heterocycles. The lowest BCUT2D eigenvalue weighted by Crippen LogP contribution is -2.33. The second-order valence-corrected chi connectivity index (χ2v) is 7.14. The van der Waals surface area contributed by atoms with Crippen LogP contribution in [0.4, 0.5) is 0 Å². The highest BCUT2D eigenvalue weighted by Gasteiger charge is 2.28. The summed E-state index contributed by atoms with van der Waals surface area (Å²) < 4.78 is 0. The summed E-state index contributed by atoms with van der Waals surface area (Å²) in [6, 6.07) is 22.1. The minimum Gasteiger partial charge on any atom is -0.332 e. The maximum atomic E-state index is 13.3.